The van der Waals surface area contributed by atoms with Crippen molar-refractivity contribution in [3.63, 3.8) is 0 Å². The Morgan fingerprint density at radius 2 is 1.50 bits per heavy atom. The Morgan fingerprint density at radius 1 is 0.853 bits per heavy atom. The average Bonchev–Trinajstić information content (AvgIpc) is 3.32. The number of hydrogen-bond acceptors (Lipinski definition) is 5. The van der Waals surface area contributed by atoms with Crippen LogP contribution in [-0.4, -0.2) is 30.2 Å². The van der Waals surface area contributed by atoms with Gasteiger partial charge in [0.05, 0.1) is 23.4 Å². The van der Waals surface area contributed by atoms with E-state index in [1.54, 1.807) is 29.2 Å². The normalized spacial score (nSPS) is 24.4. The summed E-state index contributed by atoms with van der Waals surface area (Å²) in [5.41, 5.74) is 3.47. The number of imide groups is 1. The van der Waals surface area contributed by atoms with Gasteiger partial charge >= 0.3 is 5.97 Å². The monoisotopic (exact) mass is 458 g/mol. The molecule has 174 valence electrons. The van der Waals surface area contributed by atoms with Gasteiger partial charge in [-0.05, 0) is 63.1 Å². The third-order valence-electron chi connectivity index (χ3n) is 6.94. The first kappa shape index (κ1) is 22.1. The van der Waals surface area contributed by atoms with Crippen molar-refractivity contribution in [3.8, 4) is 5.75 Å². The standard InChI is InChI=1S/C27H26N2O5/c1-16-3-6-19(7-4-16)28-15-18(14-24(28)30)27(33)34-21-10-8-20(9-11-21)29-25(31)22-12-5-17(2)13-23(22)26(29)32/h3-11,18,22-23H,12-15H2,1-2H3/t18-,22-,23+/m0/s1. The highest BCUT2D eigenvalue weighted by atomic mass is 16.5. The number of rotatable bonds is 4. The fourth-order valence-electron chi connectivity index (χ4n) is 4.99. The van der Waals surface area contributed by atoms with Gasteiger partial charge in [0, 0.05) is 18.7 Å². The number of ether oxygens (including phenoxy) is 1. The van der Waals surface area contributed by atoms with E-state index in [2.05, 4.69) is 0 Å². The molecule has 5 rings (SSSR count). The van der Waals surface area contributed by atoms with Crippen LogP contribution in [0.5, 0.6) is 5.75 Å². The third-order valence-corrected chi connectivity index (χ3v) is 6.94. The number of fused-ring (bicyclic) bond motifs is 1. The summed E-state index contributed by atoms with van der Waals surface area (Å²) in [5.74, 6) is -1.79. The van der Waals surface area contributed by atoms with Crippen LogP contribution in [0.3, 0.4) is 0 Å². The number of anilines is 2. The smallest absolute Gasteiger partial charge is 0.316 e. The van der Waals surface area contributed by atoms with Crippen LogP contribution in [0.25, 0.3) is 0 Å². The number of benzene rings is 2. The van der Waals surface area contributed by atoms with Gasteiger partial charge in [0.15, 0.2) is 0 Å². The highest BCUT2D eigenvalue weighted by Gasteiger charge is 2.48. The molecule has 2 aromatic carbocycles. The van der Waals surface area contributed by atoms with E-state index in [0.29, 0.717) is 24.3 Å². The van der Waals surface area contributed by atoms with Crippen LogP contribution in [0.15, 0.2) is 60.2 Å². The van der Waals surface area contributed by atoms with Crippen molar-refractivity contribution >= 4 is 35.1 Å². The highest BCUT2D eigenvalue weighted by molar-refractivity contribution is 6.22. The number of carbonyl (C=O) groups excluding carboxylic acids is 4. The number of nitrogens with zero attached hydrogens (tertiary/aromatic N) is 2. The zero-order valence-electron chi connectivity index (χ0n) is 19.2. The van der Waals surface area contributed by atoms with Crippen LogP contribution in [0, 0.1) is 24.7 Å². The molecule has 34 heavy (non-hydrogen) atoms. The highest BCUT2D eigenvalue weighted by Crippen LogP contribution is 2.40. The van der Waals surface area contributed by atoms with Gasteiger partial charge < -0.3 is 9.64 Å². The van der Waals surface area contributed by atoms with E-state index in [0.717, 1.165) is 16.8 Å². The molecular weight excluding hydrogens is 432 g/mol. The first-order valence-corrected chi connectivity index (χ1v) is 11.5. The van der Waals surface area contributed by atoms with Crippen molar-refractivity contribution in [2.24, 2.45) is 17.8 Å². The number of amides is 3. The van der Waals surface area contributed by atoms with Crippen LogP contribution in [0.4, 0.5) is 11.4 Å². The molecule has 7 heteroatoms. The summed E-state index contributed by atoms with van der Waals surface area (Å²) in [6, 6.07) is 14.0. The van der Waals surface area contributed by atoms with Crippen molar-refractivity contribution in [1.82, 2.24) is 0 Å². The fourth-order valence-corrected chi connectivity index (χ4v) is 4.99. The van der Waals surface area contributed by atoms with Crippen LogP contribution in [-0.2, 0) is 19.2 Å². The summed E-state index contributed by atoms with van der Waals surface area (Å²) in [6.45, 7) is 4.23. The topological polar surface area (TPSA) is 84.0 Å². The molecule has 0 aromatic heterocycles. The molecule has 0 N–H and O–H groups in total. The van der Waals surface area contributed by atoms with E-state index in [1.165, 1.54) is 4.90 Å². The molecule has 2 saturated heterocycles. The van der Waals surface area contributed by atoms with Crippen LogP contribution in [0.2, 0.25) is 0 Å². The molecule has 1 aliphatic carbocycles. The average molecular weight is 459 g/mol. The predicted molar refractivity (Wildman–Crippen MR) is 126 cm³/mol. The SMILES string of the molecule is CC1=CC[C@@H]2C(=O)N(c3ccc(OC(=O)[C@H]4CC(=O)N(c5ccc(C)cc5)C4)cc3)C(=O)[C@@H]2C1. The van der Waals surface area contributed by atoms with Gasteiger partial charge in [0.25, 0.3) is 0 Å². The Labute approximate surface area is 198 Å². The third kappa shape index (κ3) is 3.91. The summed E-state index contributed by atoms with van der Waals surface area (Å²) in [4.78, 5) is 53.8. The Kier molecular flexibility index (Phi) is 5.55. The maximum absolute atomic E-state index is 12.9. The second-order valence-electron chi connectivity index (χ2n) is 9.37. The Morgan fingerprint density at radius 3 is 2.21 bits per heavy atom. The summed E-state index contributed by atoms with van der Waals surface area (Å²) in [7, 11) is 0. The van der Waals surface area contributed by atoms with Gasteiger partial charge in [-0.15, -0.1) is 0 Å². The Hall–Kier alpha value is -3.74. The fraction of sp³-hybridized carbons (Fsp3) is 0.333. The molecule has 2 aliphatic heterocycles. The number of esters is 1. The summed E-state index contributed by atoms with van der Waals surface area (Å²) in [5, 5.41) is 0. The predicted octanol–water partition coefficient (Wildman–Crippen LogP) is 3.80. The van der Waals surface area contributed by atoms with Gasteiger partial charge in [-0.1, -0.05) is 29.3 Å². The second-order valence-corrected chi connectivity index (χ2v) is 9.37. The lowest BCUT2D eigenvalue weighted by Crippen LogP contribution is -2.30. The minimum absolute atomic E-state index is 0.0950. The van der Waals surface area contributed by atoms with Crippen molar-refractivity contribution in [2.75, 3.05) is 16.3 Å². The molecule has 0 saturated carbocycles. The Balaban J connectivity index is 1.24. The second kappa shape index (κ2) is 8.56. The van der Waals surface area contributed by atoms with E-state index in [4.69, 9.17) is 4.74 Å². The maximum atomic E-state index is 12.9. The first-order valence-electron chi connectivity index (χ1n) is 11.5. The van der Waals surface area contributed by atoms with Gasteiger partial charge in [0.2, 0.25) is 17.7 Å². The van der Waals surface area contributed by atoms with E-state index in [1.807, 2.05) is 44.2 Å². The van der Waals surface area contributed by atoms with E-state index >= 15 is 0 Å². The number of carbonyl (C=O) groups is 4. The molecule has 7 nitrogen and oxygen atoms in total. The summed E-state index contributed by atoms with van der Waals surface area (Å²) >= 11 is 0. The molecule has 0 spiro atoms. The number of aryl methyl sites for hydroxylation is 1. The van der Waals surface area contributed by atoms with Gasteiger partial charge in [-0.3, -0.25) is 24.1 Å². The molecule has 0 unspecified atom stereocenters. The van der Waals surface area contributed by atoms with Crippen molar-refractivity contribution < 1.29 is 23.9 Å². The van der Waals surface area contributed by atoms with Crippen LogP contribution in [0.1, 0.15) is 31.7 Å². The van der Waals surface area contributed by atoms with Crippen LogP contribution < -0.4 is 14.5 Å². The van der Waals surface area contributed by atoms with Crippen molar-refractivity contribution in [1.29, 1.82) is 0 Å². The molecule has 2 heterocycles. The maximum Gasteiger partial charge on any atom is 0.316 e. The number of allylic oxidation sites excluding steroid dienone is 2. The lowest BCUT2D eigenvalue weighted by Gasteiger charge is -2.18. The van der Waals surface area contributed by atoms with Crippen LogP contribution >= 0.6 is 0 Å². The van der Waals surface area contributed by atoms with Gasteiger partial charge in [-0.25, -0.2) is 0 Å². The molecular formula is C27H26N2O5. The lowest BCUT2D eigenvalue weighted by atomic mass is 9.82. The molecule has 3 aliphatic rings. The molecule has 0 bridgehead atoms. The molecule has 2 fully saturated rings. The van der Waals surface area contributed by atoms with E-state index in [-0.39, 0.29) is 42.5 Å². The zero-order valence-corrected chi connectivity index (χ0v) is 19.2. The van der Waals surface area contributed by atoms with E-state index < -0.39 is 11.9 Å². The molecule has 3 amide bonds. The minimum Gasteiger partial charge on any atom is -0.426 e. The van der Waals surface area contributed by atoms with Crippen molar-refractivity contribution in [3.05, 3.63) is 65.7 Å². The zero-order chi connectivity index (χ0) is 24.0. The summed E-state index contributed by atoms with van der Waals surface area (Å²) in [6.07, 6.45) is 3.33. The summed E-state index contributed by atoms with van der Waals surface area (Å²) < 4.78 is 5.52. The quantitative estimate of drug-likeness (QED) is 0.301. The molecule has 0 radical (unpaired) electrons. The first-order chi connectivity index (χ1) is 16.3. The van der Waals surface area contributed by atoms with E-state index in [9.17, 15) is 19.2 Å². The molecule has 2 aromatic rings. The van der Waals surface area contributed by atoms with Gasteiger partial charge in [-0.2, -0.15) is 0 Å². The van der Waals surface area contributed by atoms with Gasteiger partial charge in [0.1, 0.15) is 5.75 Å². The minimum atomic E-state index is -0.561. The van der Waals surface area contributed by atoms with Crippen molar-refractivity contribution in [2.45, 2.75) is 33.1 Å². The largest absolute Gasteiger partial charge is 0.426 e. The Bertz CT molecular complexity index is 1200. The lowest BCUT2D eigenvalue weighted by molar-refractivity contribution is -0.139. The molecule has 3 atom stereocenters. The number of hydrogen-bond donors (Lipinski definition) is 0.